The Morgan fingerprint density at radius 3 is 2.61 bits per heavy atom. The quantitative estimate of drug-likeness (QED) is 0.274. The van der Waals surface area contributed by atoms with Crippen molar-refractivity contribution in [3.63, 3.8) is 0 Å². The zero-order valence-electron chi connectivity index (χ0n) is 18.8. The van der Waals surface area contributed by atoms with Gasteiger partial charge < -0.3 is 19.5 Å². The van der Waals surface area contributed by atoms with Gasteiger partial charge in [-0.3, -0.25) is 4.98 Å². The van der Waals surface area contributed by atoms with E-state index in [9.17, 15) is 0 Å². The minimum Gasteiger partial charge on any atom is -0.456 e. The molecule has 1 aliphatic heterocycles. The van der Waals surface area contributed by atoms with E-state index in [-0.39, 0.29) is 6.79 Å². The number of aromatic nitrogens is 3. The minimum absolute atomic E-state index is 0.235. The average molecular weight is 491 g/mol. The number of thiophene rings is 1. The second-order valence-electron chi connectivity index (χ2n) is 8.21. The third-order valence-corrected chi connectivity index (χ3v) is 6.90. The van der Waals surface area contributed by atoms with E-state index in [1.54, 1.807) is 17.5 Å². The van der Waals surface area contributed by atoms with Crippen molar-refractivity contribution in [3.8, 4) is 34.3 Å². The third-order valence-electron chi connectivity index (χ3n) is 5.99. The number of pyridine rings is 1. The first kappa shape index (κ1) is 20.7. The van der Waals surface area contributed by atoms with Crippen molar-refractivity contribution >= 4 is 43.8 Å². The van der Waals surface area contributed by atoms with Gasteiger partial charge in [-0.05, 0) is 53.9 Å². The fourth-order valence-corrected chi connectivity index (χ4v) is 5.05. The molecule has 1 N–H and O–H groups in total. The monoisotopic (exact) mass is 490 g/mol. The third kappa shape index (κ3) is 3.64. The molecule has 0 amide bonds. The number of ether oxygens (including phenoxy) is 3. The van der Waals surface area contributed by atoms with Crippen LogP contribution in [0.3, 0.4) is 0 Å². The van der Waals surface area contributed by atoms with E-state index in [1.807, 2.05) is 84.2 Å². The van der Waals surface area contributed by atoms with Crippen molar-refractivity contribution in [2.24, 2.45) is 0 Å². The van der Waals surface area contributed by atoms with Crippen molar-refractivity contribution in [1.29, 1.82) is 0 Å². The van der Waals surface area contributed by atoms with Crippen LogP contribution in [0.4, 0.5) is 11.5 Å². The summed E-state index contributed by atoms with van der Waals surface area (Å²) in [4.78, 5) is 4.37. The van der Waals surface area contributed by atoms with Gasteiger partial charge in [-0.1, -0.05) is 24.3 Å². The van der Waals surface area contributed by atoms with E-state index < -0.39 is 0 Å². The van der Waals surface area contributed by atoms with E-state index in [2.05, 4.69) is 20.5 Å². The Balaban J connectivity index is 1.17. The number of hydrogen-bond acceptors (Lipinski definition) is 8. The van der Waals surface area contributed by atoms with E-state index in [4.69, 9.17) is 14.2 Å². The summed E-state index contributed by atoms with van der Waals surface area (Å²) in [6, 6.07) is 25.6. The second kappa shape index (κ2) is 8.51. The van der Waals surface area contributed by atoms with Crippen LogP contribution in [0.25, 0.3) is 32.2 Å². The van der Waals surface area contributed by atoms with Gasteiger partial charge in [-0.25, -0.2) is 0 Å². The van der Waals surface area contributed by atoms with Crippen LogP contribution in [0.15, 0.2) is 90.4 Å². The SMILES string of the molecule is c1ccc2c(-c3ccc4c(c3)OCO4)nnc(Nc3ccc(Oc4ccnc5ccsc45)cc3)c2c1. The topological polar surface area (TPSA) is 78.4 Å². The van der Waals surface area contributed by atoms with Crippen molar-refractivity contribution in [1.82, 2.24) is 15.2 Å². The highest BCUT2D eigenvalue weighted by Crippen LogP contribution is 2.38. The molecule has 8 heteroatoms. The molecule has 4 heterocycles. The van der Waals surface area contributed by atoms with Crippen LogP contribution in [0.2, 0.25) is 0 Å². The van der Waals surface area contributed by atoms with E-state index in [1.165, 1.54) is 0 Å². The van der Waals surface area contributed by atoms with E-state index >= 15 is 0 Å². The lowest BCUT2D eigenvalue weighted by Crippen LogP contribution is -1.99. The Bertz CT molecular complexity index is 1730. The number of anilines is 2. The molecule has 3 aromatic carbocycles. The number of rotatable bonds is 5. The molecule has 7 nitrogen and oxygen atoms in total. The fourth-order valence-electron chi connectivity index (χ4n) is 4.25. The Labute approximate surface area is 209 Å². The molecule has 0 saturated heterocycles. The molecule has 0 spiro atoms. The van der Waals surface area contributed by atoms with Gasteiger partial charge in [0.05, 0.1) is 10.2 Å². The smallest absolute Gasteiger partial charge is 0.231 e. The molecular formula is C28H18N4O3S. The zero-order chi connectivity index (χ0) is 23.9. The summed E-state index contributed by atoms with van der Waals surface area (Å²) in [6.45, 7) is 0.235. The molecule has 0 radical (unpaired) electrons. The van der Waals surface area contributed by atoms with Crippen LogP contribution < -0.4 is 19.5 Å². The first-order valence-electron chi connectivity index (χ1n) is 11.3. The second-order valence-corrected chi connectivity index (χ2v) is 9.12. The molecule has 6 aromatic rings. The summed E-state index contributed by atoms with van der Waals surface area (Å²) >= 11 is 1.62. The van der Waals surface area contributed by atoms with Crippen LogP contribution in [-0.4, -0.2) is 22.0 Å². The number of hydrogen-bond donors (Lipinski definition) is 1. The molecule has 0 aliphatic carbocycles. The van der Waals surface area contributed by atoms with Gasteiger partial charge in [-0.15, -0.1) is 21.5 Å². The standard InChI is InChI=1S/C28H18N4O3S/c1-2-4-21-20(3-1)26(17-5-10-23-25(15-17)34-16-33-23)31-32-28(21)30-18-6-8-19(9-7-18)35-24-11-13-29-22-12-14-36-27(22)24/h1-15H,16H2,(H,30,32). The molecule has 0 unspecified atom stereocenters. The van der Waals surface area contributed by atoms with E-state index in [0.717, 1.165) is 60.9 Å². The van der Waals surface area contributed by atoms with Crippen molar-refractivity contribution < 1.29 is 14.2 Å². The molecule has 36 heavy (non-hydrogen) atoms. The molecular weight excluding hydrogens is 472 g/mol. The molecule has 3 aromatic heterocycles. The van der Waals surface area contributed by atoms with Gasteiger partial charge in [0.2, 0.25) is 6.79 Å². The summed E-state index contributed by atoms with van der Waals surface area (Å²) in [7, 11) is 0. The lowest BCUT2D eigenvalue weighted by molar-refractivity contribution is 0.174. The normalized spacial score (nSPS) is 12.2. The highest BCUT2D eigenvalue weighted by Gasteiger charge is 2.17. The largest absolute Gasteiger partial charge is 0.456 e. The average Bonchev–Trinajstić information content (AvgIpc) is 3.60. The predicted octanol–water partition coefficient (Wildman–Crippen LogP) is 7.17. The van der Waals surface area contributed by atoms with Crippen molar-refractivity contribution in [2.45, 2.75) is 0 Å². The van der Waals surface area contributed by atoms with Crippen molar-refractivity contribution in [3.05, 3.63) is 90.4 Å². The zero-order valence-corrected chi connectivity index (χ0v) is 19.7. The molecule has 0 saturated carbocycles. The highest BCUT2D eigenvalue weighted by atomic mass is 32.1. The molecule has 0 atom stereocenters. The summed E-state index contributed by atoms with van der Waals surface area (Å²) in [5, 5.41) is 16.5. The van der Waals surface area contributed by atoms with Gasteiger partial charge in [0.1, 0.15) is 17.2 Å². The number of fused-ring (bicyclic) bond motifs is 3. The van der Waals surface area contributed by atoms with Gasteiger partial charge in [0.25, 0.3) is 0 Å². The molecule has 0 bridgehead atoms. The van der Waals surface area contributed by atoms with Crippen LogP contribution in [0, 0.1) is 0 Å². The first-order chi connectivity index (χ1) is 17.8. The molecule has 0 fully saturated rings. The molecule has 1 aliphatic rings. The maximum Gasteiger partial charge on any atom is 0.231 e. The maximum absolute atomic E-state index is 6.12. The van der Waals surface area contributed by atoms with Crippen LogP contribution in [0.5, 0.6) is 23.0 Å². The summed E-state index contributed by atoms with van der Waals surface area (Å²) in [6.07, 6.45) is 1.76. The van der Waals surface area contributed by atoms with Gasteiger partial charge in [0.15, 0.2) is 17.3 Å². The Morgan fingerprint density at radius 1 is 0.833 bits per heavy atom. The lowest BCUT2D eigenvalue weighted by atomic mass is 10.0. The maximum atomic E-state index is 6.12. The fraction of sp³-hybridized carbons (Fsp3) is 0.0357. The minimum atomic E-state index is 0.235. The first-order valence-corrected chi connectivity index (χ1v) is 12.2. The van der Waals surface area contributed by atoms with Crippen molar-refractivity contribution in [2.75, 3.05) is 12.1 Å². The lowest BCUT2D eigenvalue weighted by Gasteiger charge is -2.12. The number of nitrogens with zero attached hydrogens (tertiary/aromatic N) is 3. The Kier molecular flexibility index (Phi) is 4.89. The van der Waals surface area contributed by atoms with Crippen LogP contribution in [0.1, 0.15) is 0 Å². The number of nitrogens with one attached hydrogen (secondary N) is 1. The van der Waals surface area contributed by atoms with Gasteiger partial charge in [0, 0.05) is 34.3 Å². The molecule has 7 rings (SSSR count). The summed E-state index contributed by atoms with van der Waals surface area (Å²) in [5.41, 5.74) is 3.53. The van der Waals surface area contributed by atoms with Crippen LogP contribution >= 0.6 is 11.3 Å². The highest BCUT2D eigenvalue weighted by molar-refractivity contribution is 7.17. The predicted molar refractivity (Wildman–Crippen MR) is 141 cm³/mol. The number of benzene rings is 3. The Morgan fingerprint density at radius 2 is 1.69 bits per heavy atom. The summed E-state index contributed by atoms with van der Waals surface area (Å²) in [5.74, 6) is 3.68. The summed E-state index contributed by atoms with van der Waals surface area (Å²) < 4.78 is 18.1. The van der Waals surface area contributed by atoms with Gasteiger partial charge in [-0.2, -0.15) is 0 Å². The molecule has 174 valence electrons. The Hall–Kier alpha value is -4.69. The van der Waals surface area contributed by atoms with E-state index in [0.29, 0.717) is 5.82 Å². The van der Waals surface area contributed by atoms with Crippen LogP contribution in [-0.2, 0) is 0 Å². The van der Waals surface area contributed by atoms with Gasteiger partial charge >= 0.3 is 0 Å².